The summed E-state index contributed by atoms with van der Waals surface area (Å²) in [6.45, 7) is 4.23. The predicted molar refractivity (Wildman–Crippen MR) is 101 cm³/mol. The molecule has 0 spiro atoms. The average Bonchev–Trinajstić information content (AvgIpc) is 2.95. The van der Waals surface area contributed by atoms with E-state index < -0.39 is 15.9 Å². The molecule has 1 aromatic carbocycles. The number of benzene rings is 1. The Kier molecular flexibility index (Phi) is 6.68. The number of halogens is 2. The third kappa shape index (κ3) is 4.97. The molecule has 0 saturated carbocycles. The van der Waals surface area contributed by atoms with Crippen LogP contribution in [-0.4, -0.2) is 30.7 Å². The lowest BCUT2D eigenvalue weighted by atomic mass is 10.2. The smallest absolute Gasteiger partial charge is 0.253 e. The van der Waals surface area contributed by atoms with Gasteiger partial charge in [-0.3, -0.25) is 9.48 Å². The van der Waals surface area contributed by atoms with Gasteiger partial charge in [-0.25, -0.2) is 13.1 Å². The lowest BCUT2D eigenvalue weighted by molar-refractivity contribution is 0.0950. The molecule has 1 aromatic heterocycles. The molecular formula is C16H20Cl2N4O3S. The highest BCUT2D eigenvalue weighted by molar-refractivity contribution is 7.89. The van der Waals surface area contributed by atoms with E-state index in [1.54, 1.807) is 24.0 Å². The van der Waals surface area contributed by atoms with Gasteiger partial charge in [0.15, 0.2) is 0 Å². The molecule has 10 heteroatoms. The third-order valence-electron chi connectivity index (χ3n) is 3.59. The lowest BCUT2D eigenvalue weighted by Gasteiger charge is -2.13. The van der Waals surface area contributed by atoms with Gasteiger partial charge in [-0.15, -0.1) is 0 Å². The second kappa shape index (κ2) is 8.39. The van der Waals surface area contributed by atoms with Gasteiger partial charge in [0.25, 0.3) is 5.91 Å². The largest absolute Gasteiger partial charge is 0.346 e. The Labute approximate surface area is 162 Å². The molecule has 2 rings (SSSR count). The molecule has 0 fully saturated rings. The van der Waals surface area contributed by atoms with Crippen LogP contribution in [0, 0.1) is 5.92 Å². The van der Waals surface area contributed by atoms with Crippen molar-refractivity contribution in [2.75, 3.05) is 6.54 Å². The lowest BCUT2D eigenvalue weighted by Crippen LogP contribution is -2.29. The van der Waals surface area contributed by atoms with Crippen LogP contribution in [0.1, 0.15) is 29.9 Å². The number of carbonyl (C=O) groups excluding carboxylic acids is 1. The number of carbonyl (C=O) groups is 1. The fourth-order valence-corrected chi connectivity index (χ4v) is 4.17. The summed E-state index contributed by atoms with van der Waals surface area (Å²) in [6, 6.07) is 4.20. The molecule has 1 amide bonds. The number of sulfonamides is 1. The number of aromatic nitrogens is 2. The topological polar surface area (TPSA) is 93.1 Å². The maximum Gasteiger partial charge on any atom is 0.253 e. The third-order valence-corrected chi connectivity index (χ3v) is 5.79. The van der Waals surface area contributed by atoms with E-state index in [4.69, 9.17) is 23.2 Å². The molecule has 0 aliphatic rings. The second-order valence-corrected chi connectivity index (χ2v) is 8.69. The van der Waals surface area contributed by atoms with Crippen LogP contribution >= 0.6 is 23.2 Å². The summed E-state index contributed by atoms with van der Waals surface area (Å²) in [5.41, 5.74) is 0.818. The highest BCUT2D eigenvalue weighted by Crippen LogP contribution is 2.28. The molecule has 2 N–H and O–H groups in total. The van der Waals surface area contributed by atoms with Crippen molar-refractivity contribution in [3.05, 3.63) is 45.7 Å². The molecule has 26 heavy (non-hydrogen) atoms. The van der Waals surface area contributed by atoms with E-state index in [1.165, 1.54) is 12.1 Å². The summed E-state index contributed by atoms with van der Waals surface area (Å²) in [5, 5.41) is 6.72. The van der Waals surface area contributed by atoms with Gasteiger partial charge >= 0.3 is 0 Å². The molecule has 2 aromatic rings. The van der Waals surface area contributed by atoms with Crippen LogP contribution in [0.15, 0.2) is 29.3 Å². The average molecular weight is 419 g/mol. The van der Waals surface area contributed by atoms with Crippen molar-refractivity contribution in [3.8, 4) is 0 Å². The van der Waals surface area contributed by atoms with E-state index in [9.17, 15) is 13.2 Å². The van der Waals surface area contributed by atoms with Crippen molar-refractivity contribution in [1.29, 1.82) is 0 Å². The number of hydrogen-bond acceptors (Lipinski definition) is 4. The number of nitrogens with zero attached hydrogens (tertiary/aromatic N) is 2. The molecule has 7 nitrogen and oxygen atoms in total. The van der Waals surface area contributed by atoms with Gasteiger partial charge < -0.3 is 5.32 Å². The van der Waals surface area contributed by atoms with E-state index in [0.717, 1.165) is 5.69 Å². The van der Waals surface area contributed by atoms with Crippen molar-refractivity contribution < 1.29 is 13.2 Å². The fourth-order valence-electron chi connectivity index (χ4n) is 2.10. The zero-order valence-corrected chi connectivity index (χ0v) is 16.9. The van der Waals surface area contributed by atoms with E-state index in [0.29, 0.717) is 0 Å². The molecule has 0 unspecified atom stereocenters. The van der Waals surface area contributed by atoms with Crippen molar-refractivity contribution >= 4 is 39.1 Å². The molecule has 0 aliphatic heterocycles. The molecule has 0 atom stereocenters. The molecule has 0 saturated heterocycles. The van der Waals surface area contributed by atoms with E-state index in [2.05, 4.69) is 15.1 Å². The summed E-state index contributed by atoms with van der Waals surface area (Å²) >= 11 is 12.1. The summed E-state index contributed by atoms with van der Waals surface area (Å²) in [4.78, 5) is 12.3. The summed E-state index contributed by atoms with van der Waals surface area (Å²) < 4.78 is 29.0. The number of hydrogen-bond donors (Lipinski definition) is 2. The molecule has 1 heterocycles. The first kappa shape index (κ1) is 20.7. The standard InChI is InChI=1S/C16H20Cl2N4O3S/c1-10(2)8-21-26(24,25)15-6-12(13(17)7-14(15)18)16(23)19-9-11-4-5-20-22(11)3/h4-7,10,21H,8-9H2,1-3H3,(H,19,23). The normalized spacial score (nSPS) is 11.8. The Bertz CT molecular complexity index is 910. The number of amides is 1. The minimum atomic E-state index is -3.86. The van der Waals surface area contributed by atoms with Gasteiger partial charge in [0.2, 0.25) is 10.0 Å². The summed E-state index contributed by atoms with van der Waals surface area (Å²) in [6.07, 6.45) is 1.61. The zero-order valence-electron chi connectivity index (χ0n) is 14.6. The van der Waals surface area contributed by atoms with Crippen LogP contribution in [0.5, 0.6) is 0 Å². The van der Waals surface area contributed by atoms with Crippen molar-refractivity contribution in [1.82, 2.24) is 19.8 Å². The minimum absolute atomic E-state index is 0.0307. The Morgan fingerprint density at radius 3 is 2.54 bits per heavy atom. The minimum Gasteiger partial charge on any atom is -0.346 e. The van der Waals surface area contributed by atoms with Crippen molar-refractivity contribution in [3.63, 3.8) is 0 Å². The highest BCUT2D eigenvalue weighted by Gasteiger charge is 2.22. The van der Waals surface area contributed by atoms with Gasteiger partial charge in [0.1, 0.15) is 4.90 Å². The predicted octanol–water partition coefficient (Wildman–Crippen LogP) is 2.59. The Morgan fingerprint density at radius 1 is 1.27 bits per heavy atom. The van der Waals surface area contributed by atoms with Gasteiger partial charge in [-0.2, -0.15) is 5.10 Å². The monoisotopic (exact) mass is 418 g/mol. The van der Waals surface area contributed by atoms with E-state index in [-0.39, 0.29) is 39.5 Å². The van der Waals surface area contributed by atoms with Crippen LogP contribution in [-0.2, 0) is 23.6 Å². The van der Waals surface area contributed by atoms with Crippen LogP contribution in [0.25, 0.3) is 0 Å². The SMILES string of the molecule is CC(C)CNS(=O)(=O)c1cc(C(=O)NCc2ccnn2C)c(Cl)cc1Cl. The van der Waals surface area contributed by atoms with E-state index >= 15 is 0 Å². The van der Waals surface area contributed by atoms with Gasteiger partial charge in [-0.1, -0.05) is 37.0 Å². The fraction of sp³-hybridized carbons (Fsp3) is 0.375. The number of rotatable bonds is 7. The summed E-state index contributed by atoms with van der Waals surface area (Å²) in [5.74, 6) is -0.384. The summed E-state index contributed by atoms with van der Waals surface area (Å²) in [7, 11) is -2.11. The quantitative estimate of drug-likeness (QED) is 0.722. The first-order chi connectivity index (χ1) is 12.1. The number of aryl methyl sites for hydroxylation is 1. The zero-order chi connectivity index (χ0) is 19.5. The highest BCUT2D eigenvalue weighted by atomic mass is 35.5. The van der Waals surface area contributed by atoms with Crippen LogP contribution < -0.4 is 10.0 Å². The molecule has 142 valence electrons. The van der Waals surface area contributed by atoms with Crippen LogP contribution in [0.3, 0.4) is 0 Å². The van der Waals surface area contributed by atoms with Gasteiger partial charge in [0.05, 0.1) is 27.8 Å². The first-order valence-corrected chi connectivity index (χ1v) is 10.1. The van der Waals surface area contributed by atoms with E-state index in [1.807, 2.05) is 13.8 Å². The van der Waals surface area contributed by atoms with Crippen molar-refractivity contribution in [2.45, 2.75) is 25.3 Å². The van der Waals surface area contributed by atoms with Crippen LogP contribution in [0.2, 0.25) is 10.0 Å². The van der Waals surface area contributed by atoms with Crippen LogP contribution in [0.4, 0.5) is 0 Å². The molecule has 0 aliphatic carbocycles. The molecule has 0 radical (unpaired) electrons. The second-order valence-electron chi connectivity index (χ2n) is 6.14. The van der Waals surface area contributed by atoms with Gasteiger partial charge in [-0.05, 0) is 24.1 Å². The number of nitrogens with one attached hydrogen (secondary N) is 2. The Hall–Kier alpha value is -1.61. The Balaban J connectivity index is 2.26. The molecular weight excluding hydrogens is 399 g/mol. The molecule has 0 bridgehead atoms. The first-order valence-electron chi connectivity index (χ1n) is 7.85. The Morgan fingerprint density at radius 2 is 1.96 bits per heavy atom. The maximum atomic E-state index is 12.5. The van der Waals surface area contributed by atoms with Crippen molar-refractivity contribution in [2.24, 2.45) is 13.0 Å². The van der Waals surface area contributed by atoms with Gasteiger partial charge in [0, 0.05) is 19.8 Å². The maximum absolute atomic E-state index is 12.5.